The van der Waals surface area contributed by atoms with Crippen LogP contribution < -0.4 is 10.6 Å². The Balaban J connectivity index is 1.45. The van der Waals surface area contributed by atoms with Crippen molar-refractivity contribution >= 4 is 11.8 Å². The lowest BCUT2D eigenvalue weighted by atomic mass is 10.1. The summed E-state index contributed by atoms with van der Waals surface area (Å²) in [6, 6.07) is 13.4. The summed E-state index contributed by atoms with van der Waals surface area (Å²) in [7, 11) is 0. The fourth-order valence-electron chi connectivity index (χ4n) is 3.36. The van der Waals surface area contributed by atoms with Crippen LogP contribution in [0.15, 0.2) is 53.1 Å². The van der Waals surface area contributed by atoms with E-state index in [1.54, 1.807) is 12.1 Å². The van der Waals surface area contributed by atoms with Gasteiger partial charge in [-0.1, -0.05) is 30.3 Å². The Hall–Kier alpha value is -2.60. The summed E-state index contributed by atoms with van der Waals surface area (Å²) in [6.45, 7) is 3.47. The Morgan fingerprint density at radius 3 is 2.56 bits per heavy atom. The van der Waals surface area contributed by atoms with Gasteiger partial charge < -0.3 is 20.0 Å². The van der Waals surface area contributed by atoms with Crippen molar-refractivity contribution in [3.8, 4) is 0 Å². The normalized spacial score (nSPS) is 15.4. The van der Waals surface area contributed by atoms with E-state index in [1.807, 2.05) is 18.2 Å². The molecule has 27 heavy (non-hydrogen) atoms. The monoisotopic (exact) mass is 369 g/mol. The van der Waals surface area contributed by atoms with Crippen LogP contribution in [0.3, 0.4) is 0 Å². The van der Waals surface area contributed by atoms with E-state index in [-0.39, 0.29) is 23.6 Å². The highest BCUT2D eigenvalue weighted by atomic mass is 16.3. The number of benzene rings is 1. The van der Waals surface area contributed by atoms with Crippen LogP contribution in [0.4, 0.5) is 0 Å². The molecule has 0 saturated carbocycles. The number of rotatable bonds is 9. The van der Waals surface area contributed by atoms with Gasteiger partial charge in [0.15, 0.2) is 5.76 Å². The molecular formula is C21H27N3O3. The van der Waals surface area contributed by atoms with Gasteiger partial charge in [0.2, 0.25) is 5.91 Å². The second-order valence-corrected chi connectivity index (χ2v) is 6.88. The zero-order valence-corrected chi connectivity index (χ0v) is 15.5. The van der Waals surface area contributed by atoms with E-state index in [0.29, 0.717) is 19.4 Å². The van der Waals surface area contributed by atoms with E-state index < -0.39 is 0 Å². The van der Waals surface area contributed by atoms with E-state index in [4.69, 9.17) is 4.42 Å². The van der Waals surface area contributed by atoms with Gasteiger partial charge in [-0.15, -0.1) is 0 Å². The van der Waals surface area contributed by atoms with Crippen LogP contribution in [0.2, 0.25) is 0 Å². The number of likely N-dealkylation sites (tertiary alicyclic amines) is 1. The molecule has 6 heteroatoms. The first-order chi connectivity index (χ1) is 13.2. The Kier molecular flexibility index (Phi) is 7.04. The third kappa shape index (κ3) is 5.96. The molecule has 1 aromatic carbocycles. The van der Waals surface area contributed by atoms with E-state index in [1.165, 1.54) is 19.1 Å². The molecule has 2 aromatic rings. The van der Waals surface area contributed by atoms with Gasteiger partial charge in [-0.05, 0) is 50.0 Å². The third-order valence-electron chi connectivity index (χ3n) is 4.79. The number of hydrogen-bond acceptors (Lipinski definition) is 4. The van der Waals surface area contributed by atoms with Crippen molar-refractivity contribution in [2.75, 3.05) is 26.2 Å². The third-order valence-corrected chi connectivity index (χ3v) is 4.79. The van der Waals surface area contributed by atoms with Crippen molar-refractivity contribution in [1.82, 2.24) is 15.5 Å². The number of nitrogens with zero attached hydrogens (tertiary/aromatic N) is 1. The summed E-state index contributed by atoms with van der Waals surface area (Å²) in [4.78, 5) is 26.6. The van der Waals surface area contributed by atoms with E-state index in [9.17, 15) is 9.59 Å². The molecule has 2 heterocycles. The zero-order chi connectivity index (χ0) is 18.9. The first kappa shape index (κ1) is 19.2. The van der Waals surface area contributed by atoms with Crippen LogP contribution in [0.1, 0.15) is 47.8 Å². The minimum atomic E-state index is -0.253. The van der Waals surface area contributed by atoms with Crippen LogP contribution in [-0.2, 0) is 4.79 Å². The molecule has 3 rings (SSSR count). The van der Waals surface area contributed by atoms with Gasteiger partial charge in [-0.3, -0.25) is 9.59 Å². The minimum absolute atomic E-state index is 0.00508. The van der Waals surface area contributed by atoms with Crippen molar-refractivity contribution in [2.24, 2.45) is 0 Å². The van der Waals surface area contributed by atoms with Crippen LogP contribution in [0.5, 0.6) is 0 Å². The van der Waals surface area contributed by atoms with Gasteiger partial charge in [0, 0.05) is 19.5 Å². The fourth-order valence-corrected chi connectivity index (χ4v) is 3.36. The predicted octanol–water partition coefficient (Wildman–Crippen LogP) is 2.74. The van der Waals surface area contributed by atoms with Crippen molar-refractivity contribution in [2.45, 2.75) is 31.7 Å². The minimum Gasteiger partial charge on any atom is -0.459 e. The summed E-state index contributed by atoms with van der Waals surface area (Å²) < 4.78 is 5.04. The van der Waals surface area contributed by atoms with Crippen molar-refractivity contribution in [1.29, 1.82) is 0 Å². The number of carbonyl (C=O) groups excluding carboxylic acids is 2. The molecule has 1 aliphatic rings. The number of amides is 2. The number of furan rings is 1. The molecule has 0 bridgehead atoms. The topological polar surface area (TPSA) is 74.6 Å². The van der Waals surface area contributed by atoms with E-state index >= 15 is 0 Å². The summed E-state index contributed by atoms with van der Waals surface area (Å²) in [6.07, 6.45) is 4.88. The Labute approximate surface area is 159 Å². The van der Waals surface area contributed by atoms with Crippen molar-refractivity contribution in [3.05, 3.63) is 60.1 Å². The molecular weight excluding hydrogens is 342 g/mol. The Morgan fingerprint density at radius 1 is 1.07 bits per heavy atom. The first-order valence-electron chi connectivity index (χ1n) is 9.61. The van der Waals surface area contributed by atoms with Crippen LogP contribution >= 0.6 is 0 Å². The summed E-state index contributed by atoms with van der Waals surface area (Å²) in [5, 5.41) is 5.93. The SMILES string of the molecule is O=C(CCCNC(=O)c1ccco1)NC(CN1CCCC1)c1ccccc1. The van der Waals surface area contributed by atoms with Crippen LogP contribution in [0.25, 0.3) is 0 Å². The van der Waals surface area contributed by atoms with Crippen LogP contribution in [-0.4, -0.2) is 42.9 Å². The molecule has 1 fully saturated rings. The quantitative estimate of drug-likeness (QED) is 0.667. The molecule has 1 atom stereocenters. The maximum absolute atomic E-state index is 12.4. The highest BCUT2D eigenvalue weighted by Gasteiger charge is 2.20. The smallest absolute Gasteiger partial charge is 0.286 e. The summed E-state index contributed by atoms with van der Waals surface area (Å²) in [5.41, 5.74) is 1.13. The molecule has 2 N–H and O–H groups in total. The molecule has 1 aromatic heterocycles. The van der Waals surface area contributed by atoms with Gasteiger partial charge >= 0.3 is 0 Å². The molecule has 144 valence electrons. The fraction of sp³-hybridized carbons (Fsp3) is 0.429. The summed E-state index contributed by atoms with van der Waals surface area (Å²) >= 11 is 0. The highest BCUT2D eigenvalue weighted by Crippen LogP contribution is 2.18. The molecule has 2 amide bonds. The van der Waals surface area contributed by atoms with E-state index in [0.717, 1.165) is 25.2 Å². The Bertz CT molecular complexity index is 710. The molecule has 0 spiro atoms. The van der Waals surface area contributed by atoms with Crippen LogP contribution in [0, 0.1) is 0 Å². The van der Waals surface area contributed by atoms with Gasteiger partial charge in [-0.2, -0.15) is 0 Å². The van der Waals surface area contributed by atoms with E-state index in [2.05, 4.69) is 27.7 Å². The standard InChI is InChI=1S/C21H27N3O3/c25-20(11-6-12-22-21(26)19-10-7-15-27-19)23-18(16-24-13-4-5-14-24)17-8-2-1-3-9-17/h1-3,7-10,15,18H,4-6,11-14,16H2,(H,22,26)(H,23,25). The molecule has 1 aliphatic heterocycles. The van der Waals surface area contributed by atoms with Gasteiger partial charge in [0.1, 0.15) is 0 Å². The van der Waals surface area contributed by atoms with Crippen molar-refractivity contribution in [3.63, 3.8) is 0 Å². The van der Waals surface area contributed by atoms with Gasteiger partial charge in [-0.25, -0.2) is 0 Å². The molecule has 6 nitrogen and oxygen atoms in total. The lowest BCUT2D eigenvalue weighted by molar-refractivity contribution is -0.122. The van der Waals surface area contributed by atoms with Crippen molar-refractivity contribution < 1.29 is 14.0 Å². The molecule has 1 saturated heterocycles. The highest BCUT2D eigenvalue weighted by molar-refractivity contribution is 5.91. The largest absolute Gasteiger partial charge is 0.459 e. The second kappa shape index (κ2) is 9.92. The Morgan fingerprint density at radius 2 is 1.85 bits per heavy atom. The molecule has 1 unspecified atom stereocenters. The average molecular weight is 369 g/mol. The second-order valence-electron chi connectivity index (χ2n) is 6.88. The molecule has 0 radical (unpaired) electrons. The number of nitrogens with one attached hydrogen (secondary N) is 2. The first-order valence-corrected chi connectivity index (χ1v) is 9.61. The summed E-state index contributed by atoms with van der Waals surface area (Å²) in [5.74, 6) is 0.0427. The average Bonchev–Trinajstić information content (AvgIpc) is 3.39. The van der Waals surface area contributed by atoms with Gasteiger partial charge in [0.05, 0.1) is 12.3 Å². The predicted molar refractivity (Wildman–Crippen MR) is 103 cm³/mol. The lowest BCUT2D eigenvalue weighted by Crippen LogP contribution is -2.37. The number of hydrogen-bond donors (Lipinski definition) is 2. The number of carbonyl (C=O) groups is 2. The maximum Gasteiger partial charge on any atom is 0.286 e. The molecule has 0 aliphatic carbocycles. The lowest BCUT2D eigenvalue weighted by Gasteiger charge is -2.25. The maximum atomic E-state index is 12.4. The van der Waals surface area contributed by atoms with Gasteiger partial charge in [0.25, 0.3) is 5.91 Å². The zero-order valence-electron chi connectivity index (χ0n) is 15.5.